The lowest BCUT2D eigenvalue weighted by Crippen LogP contribution is -1.89. The molecule has 3 aromatic rings. The number of benzene rings is 2. The molecule has 0 fully saturated rings. The molecule has 0 aliphatic rings. The number of aromatic nitrogens is 1. The van der Waals surface area contributed by atoms with Crippen LogP contribution in [-0.2, 0) is 0 Å². The van der Waals surface area contributed by atoms with Gasteiger partial charge in [-0.1, -0.05) is 37.7 Å². The molecule has 21 heavy (non-hydrogen) atoms. The third-order valence-corrected chi connectivity index (χ3v) is 5.42. The molecule has 0 aliphatic heterocycles. The van der Waals surface area contributed by atoms with E-state index in [0.717, 1.165) is 25.8 Å². The Kier molecular flexibility index (Phi) is 3.91. The van der Waals surface area contributed by atoms with Crippen LogP contribution in [0.3, 0.4) is 0 Å². The van der Waals surface area contributed by atoms with Crippen LogP contribution in [0.25, 0.3) is 10.2 Å². The number of fused-ring (bicyclic) bond motifs is 1. The summed E-state index contributed by atoms with van der Waals surface area (Å²) in [5, 5.41) is 1.08. The van der Waals surface area contributed by atoms with E-state index in [2.05, 4.69) is 49.2 Å². The molecular weight excluding hydrogens is 296 g/mol. The first-order valence-corrected chi connectivity index (χ1v) is 8.60. The molecule has 0 saturated heterocycles. The summed E-state index contributed by atoms with van der Waals surface area (Å²) in [5.74, 6) is 0.559. The highest BCUT2D eigenvalue weighted by atomic mass is 32.2. The molecular formula is C17H18N2S2. The van der Waals surface area contributed by atoms with E-state index >= 15 is 0 Å². The zero-order chi connectivity index (χ0) is 15.0. The Labute approximate surface area is 133 Å². The lowest BCUT2D eigenvalue weighted by atomic mass is 10.0. The van der Waals surface area contributed by atoms with Crippen LogP contribution in [0, 0.1) is 6.92 Å². The third-order valence-electron chi connectivity index (χ3n) is 3.40. The molecule has 3 rings (SSSR count). The average Bonchev–Trinajstić information content (AvgIpc) is 2.79. The van der Waals surface area contributed by atoms with Crippen LogP contribution in [-0.4, -0.2) is 4.98 Å². The van der Waals surface area contributed by atoms with Gasteiger partial charge in [-0.15, -0.1) is 11.3 Å². The number of aryl methyl sites for hydroxylation is 1. The number of hydrogen-bond acceptors (Lipinski definition) is 4. The Morgan fingerprint density at radius 2 is 1.86 bits per heavy atom. The topological polar surface area (TPSA) is 38.9 Å². The van der Waals surface area contributed by atoms with E-state index in [9.17, 15) is 0 Å². The molecule has 4 heteroatoms. The number of thiazole rings is 1. The first-order chi connectivity index (χ1) is 10.0. The molecule has 0 bridgehead atoms. The van der Waals surface area contributed by atoms with Crippen molar-refractivity contribution in [3.8, 4) is 0 Å². The summed E-state index contributed by atoms with van der Waals surface area (Å²) < 4.78 is 1.16. The lowest BCUT2D eigenvalue weighted by molar-refractivity contribution is 0.865. The number of nitrogen functional groups attached to an aromatic ring is 1. The van der Waals surface area contributed by atoms with Gasteiger partial charge in [-0.05, 0) is 42.7 Å². The van der Waals surface area contributed by atoms with E-state index in [1.54, 1.807) is 23.1 Å². The second-order valence-electron chi connectivity index (χ2n) is 5.42. The minimum absolute atomic E-state index is 0.559. The standard InChI is InChI=1S/C17H18N2S2/c1-10(2)12-4-6-13(7-5-12)21-16-9-15-17(8-14(16)18)20-11(3)19-15/h4-10H,18H2,1-3H3. The summed E-state index contributed by atoms with van der Waals surface area (Å²) in [6.45, 7) is 6.44. The molecule has 0 radical (unpaired) electrons. The van der Waals surface area contributed by atoms with Gasteiger partial charge in [-0.25, -0.2) is 4.98 Å². The summed E-state index contributed by atoms with van der Waals surface area (Å²) >= 11 is 3.38. The summed E-state index contributed by atoms with van der Waals surface area (Å²) in [5.41, 5.74) is 9.40. The van der Waals surface area contributed by atoms with Crippen molar-refractivity contribution in [3.05, 3.63) is 47.0 Å². The van der Waals surface area contributed by atoms with Crippen LogP contribution in [0.4, 0.5) is 5.69 Å². The van der Waals surface area contributed by atoms with Crippen LogP contribution >= 0.6 is 23.1 Å². The Balaban J connectivity index is 1.91. The van der Waals surface area contributed by atoms with E-state index in [1.165, 1.54) is 10.5 Å². The second kappa shape index (κ2) is 5.70. The lowest BCUT2D eigenvalue weighted by Gasteiger charge is -2.08. The highest BCUT2D eigenvalue weighted by Crippen LogP contribution is 2.36. The summed E-state index contributed by atoms with van der Waals surface area (Å²) in [4.78, 5) is 6.82. The molecule has 0 atom stereocenters. The minimum atomic E-state index is 0.559. The highest BCUT2D eigenvalue weighted by Gasteiger charge is 2.08. The normalized spacial score (nSPS) is 11.4. The fraction of sp³-hybridized carbons (Fsp3) is 0.235. The van der Waals surface area contributed by atoms with E-state index in [1.807, 2.05) is 13.0 Å². The first kappa shape index (κ1) is 14.4. The molecule has 0 aliphatic carbocycles. The fourth-order valence-electron chi connectivity index (χ4n) is 2.22. The molecule has 0 saturated carbocycles. The predicted molar refractivity (Wildman–Crippen MR) is 93.4 cm³/mol. The van der Waals surface area contributed by atoms with Crippen LogP contribution in [0.15, 0.2) is 46.2 Å². The summed E-state index contributed by atoms with van der Waals surface area (Å²) in [7, 11) is 0. The van der Waals surface area contributed by atoms with Crippen molar-refractivity contribution in [2.75, 3.05) is 5.73 Å². The smallest absolute Gasteiger partial charge is 0.0907 e. The molecule has 0 unspecified atom stereocenters. The maximum absolute atomic E-state index is 6.18. The van der Waals surface area contributed by atoms with Gasteiger partial charge < -0.3 is 5.73 Å². The van der Waals surface area contributed by atoms with Crippen LogP contribution in [0.2, 0.25) is 0 Å². The van der Waals surface area contributed by atoms with Crippen molar-refractivity contribution in [2.45, 2.75) is 36.5 Å². The molecule has 1 heterocycles. The van der Waals surface area contributed by atoms with Gasteiger partial charge in [0.2, 0.25) is 0 Å². The van der Waals surface area contributed by atoms with Crippen molar-refractivity contribution in [3.63, 3.8) is 0 Å². The second-order valence-corrected chi connectivity index (χ2v) is 7.77. The number of rotatable bonds is 3. The Morgan fingerprint density at radius 3 is 2.52 bits per heavy atom. The maximum atomic E-state index is 6.18. The zero-order valence-electron chi connectivity index (χ0n) is 12.4. The number of hydrogen-bond donors (Lipinski definition) is 1. The van der Waals surface area contributed by atoms with Gasteiger partial charge in [-0.3, -0.25) is 0 Å². The first-order valence-electron chi connectivity index (χ1n) is 6.97. The largest absolute Gasteiger partial charge is 0.398 e. The van der Waals surface area contributed by atoms with Crippen LogP contribution in [0.5, 0.6) is 0 Å². The van der Waals surface area contributed by atoms with Gasteiger partial charge in [0.15, 0.2) is 0 Å². The Morgan fingerprint density at radius 1 is 1.14 bits per heavy atom. The number of nitrogens with zero attached hydrogens (tertiary/aromatic N) is 1. The predicted octanol–water partition coefficient (Wildman–Crippen LogP) is 5.46. The Hall–Kier alpha value is -1.52. The summed E-state index contributed by atoms with van der Waals surface area (Å²) in [6.07, 6.45) is 0. The van der Waals surface area contributed by atoms with E-state index in [-0.39, 0.29) is 0 Å². The van der Waals surface area contributed by atoms with E-state index in [4.69, 9.17) is 5.73 Å². The molecule has 0 amide bonds. The number of nitrogens with two attached hydrogens (primary N) is 1. The van der Waals surface area contributed by atoms with Gasteiger partial charge in [0.1, 0.15) is 0 Å². The van der Waals surface area contributed by atoms with E-state index in [0.29, 0.717) is 5.92 Å². The molecule has 2 nitrogen and oxygen atoms in total. The maximum Gasteiger partial charge on any atom is 0.0907 e. The van der Waals surface area contributed by atoms with Gasteiger partial charge in [-0.2, -0.15) is 0 Å². The van der Waals surface area contributed by atoms with Crippen molar-refractivity contribution in [2.24, 2.45) is 0 Å². The van der Waals surface area contributed by atoms with Crippen molar-refractivity contribution in [1.82, 2.24) is 4.98 Å². The van der Waals surface area contributed by atoms with Crippen LogP contribution < -0.4 is 5.73 Å². The molecule has 0 spiro atoms. The molecule has 2 N–H and O–H groups in total. The van der Waals surface area contributed by atoms with Crippen molar-refractivity contribution >= 4 is 39.0 Å². The van der Waals surface area contributed by atoms with Crippen molar-refractivity contribution < 1.29 is 0 Å². The van der Waals surface area contributed by atoms with Gasteiger partial charge in [0.25, 0.3) is 0 Å². The quantitative estimate of drug-likeness (QED) is 0.652. The number of anilines is 1. The third kappa shape index (κ3) is 3.06. The highest BCUT2D eigenvalue weighted by molar-refractivity contribution is 7.99. The Bertz CT molecular complexity index is 773. The molecule has 108 valence electrons. The zero-order valence-corrected chi connectivity index (χ0v) is 14.0. The SMILES string of the molecule is Cc1nc2cc(Sc3ccc(C(C)C)cc3)c(N)cc2s1. The molecule has 1 aromatic heterocycles. The monoisotopic (exact) mass is 314 g/mol. The summed E-state index contributed by atoms with van der Waals surface area (Å²) in [6, 6.07) is 12.8. The van der Waals surface area contributed by atoms with E-state index < -0.39 is 0 Å². The minimum Gasteiger partial charge on any atom is -0.398 e. The molecule has 2 aromatic carbocycles. The van der Waals surface area contributed by atoms with Crippen molar-refractivity contribution in [1.29, 1.82) is 0 Å². The van der Waals surface area contributed by atoms with Crippen LogP contribution in [0.1, 0.15) is 30.3 Å². The fourth-order valence-corrected chi connectivity index (χ4v) is 3.95. The van der Waals surface area contributed by atoms with Gasteiger partial charge in [0.05, 0.1) is 15.2 Å². The average molecular weight is 314 g/mol. The van der Waals surface area contributed by atoms with Gasteiger partial charge >= 0.3 is 0 Å². The van der Waals surface area contributed by atoms with Gasteiger partial charge in [0, 0.05) is 15.5 Å².